The minimum atomic E-state index is -0.252. The van der Waals surface area contributed by atoms with Crippen molar-refractivity contribution in [1.29, 1.82) is 5.26 Å². The number of carbonyl (C=O) groups is 1. The van der Waals surface area contributed by atoms with E-state index in [0.29, 0.717) is 25.4 Å². The molecule has 0 unspecified atom stereocenters. The van der Waals surface area contributed by atoms with E-state index in [1.165, 1.54) is 0 Å². The Morgan fingerprint density at radius 1 is 1.33 bits per heavy atom. The van der Waals surface area contributed by atoms with Gasteiger partial charge in [0, 0.05) is 43.8 Å². The van der Waals surface area contributed by atoms with E-state index in [1.54, 1.807) is 24.4 Å². The first-order valence-corrected chi connectivity index (χ1v) is 7.63. The number of hydrogen-bond donors (Lipinski definition) is 1. The summed E-state index contributed by atoms with van der Waals surface area (Å²) < 4.78 is 5.15. The summed E-state index contributed by atoms with van der Waals surface area (Å²) in [5, 5.41) is 11.7. The van der Waals surface area contributed by atoms with Gasteiger partial charge in [-0.1, -0.05) is 24.3 Å². The van der Waals surface area contributed by atoms with E-state index in [2.05, 4.69) is 16.4 Å². The van der Waals surface area contributed by atoms with Crippen LogP contribution in [0.5, 0.6) is 0 Å². The van der Waals surface area contributed by atoms with Crippen LogP contribution >= 0.6 is 0 Å². The largest absolute Gasteiger partial charge is 0.380 e. The zero-order valence-electron chi connectivity index (χ0n) is 13.6. The number of nitrogens with one attached hydrogen (secondary N) is 1. The van der Waals surface area contributed by atoms with Crippen LogP contribution in [0, 0.1) is 11.3 Å². The summed E-state index contributed by atoms with van der Waals surface area (Å²) in [7, 11) is 1.61. The van der Waals surface area contributed by atoms with Crippen LogP contribution in [0.2, 0.25) is 0 Å². The van der Waals surface area contributed by atoms with Crippen LogP contribution < -0.4 is 5.32 Å². The number of urea groups is 1. The number of ether oxygens (including phenoxy) is 1. The van der Waals surface area contributed by atoms with Crippen LogP contribution in [0.15, 0.2) is 48.8 Å². The van der Waals surface area contributed by atoms with Crippen molar-refractivity contribution in [1.82, 2.24) is 9.88 Å². The molecule has 2 amide bonds. The maximum absolute atomic E-state index is 12.6. The molecule has 0 spiro atoms. The Labute approximate surface area is 141 Å². The molecule has 0 saturated carbocycles. The highest BCUT2D eigenvalue weighted by Gasteiger charge is 2.15. The Bertz CT molecular complexity index is 698. The van der Waals surface area contributed by atoms with E-state index in [4.69, 9.17) is 10.00 Å². The van der Waals surface area contributed by atoms with Crippen LogP contribution in [0.3, 0.4) is 0 Å². The number of amides is 2. The van der Waals surface area contributed by atoms with Gasteiger partial charge in [0.05, 0.1) is 19.1 Å². The third kappa shape index (κ3) is 5.07. The summed E-state index contributed by atoms with van der Waals surface area (Å²) in [6.45, 7) is 1.16. The number of nitrogens with zero attached hydrogens (tertiary/aromatic N) is 3. The lowest BCUT2D eigenvalue weighted by molar-refractivity contribution is 0.185. The zero-order valence-corrected chi connectivity index (χ0v) is 13.6. The first kappa shape index (κ1) is 17.4. The average molecular weight is 324 g/mol. The Morgan fingerprint density at radius 2 is 2.17 bits per heavy atom. The fourth-order valence-electron chi connectivity index (χ4n) is 2.27. The number of aromatic nitrogens is 1. The van der Waals surface area contributed by atoms with Gasteiger partial charge in [0.1, 0.15) is 0 Å². The summed E-state index contributed by atoms with van der Waals surface area (Å²) in [6.07, 6.45) is 3.67. The Balaban J connectivity index is 2.11. The number of pyridine rings is 1. The normalized spacial score (nSPS) is 10.0. The fraction of sp³-hybridized carbons (Fsp3) is 0.278. The smallest absolute Gasteiger partial charge is 0.322 e. The van der Waals surface area contributed by atoms with Gasteiger partial charge >= 0.3 is 6.03 Å². The molecule has 1 aromatic carbocycles. The van der Waals surface area contributed by atoms with Crippen molar-refractivity contribution in [2.75, 3.05) is 19.0 Å². The van der Waals surface area contributed by atoms with Crippen molar-refractivity contribution in [3.8, 4) is 6.07 Å². The number of para-hydroxylation sites is 1. The van der Waals surface area contributed by atoms with E-state index in [1.807, 2.05) is 36.4 Å². The molecule has 1 aromatic heterocycles. The lowest BCUT2D eigenvalue weighted by atomic mass is 10.2. The van der Waals surface area contributed by atoms with E-state index < -0.39 is 0 Å². The number of nitriles is 1. The maximum atomic E-state index is 12.6. The van der Waals surface area contributed by atoms with E-state index in [-0.39, 0.29) is 12.5 Å². The van der Waals surface area contributed by atoms with Gasteiger partial charge in [-0.15, -0.1) is 0 Å². The molecule has 6 heteroatoms. The molecule has 0 saturated heterocycles. The third-order valence-electron chi connectivity index (χ3n) is 3.44. The predicted octanol–water partition coefficient (Wildman–Crippen LogP) is 3.18. The zero-order chi connectivity index (χ0) is 17.2. The molecule has 0 bridgehead atoms. The summed E-state index contributed by atoms with van der Waals surface area (Å²) >= 11 is 0. The number of benzene rings is 1. The monoisotopic (exact) mass is 324 g/mol. The summed E-state index contributed by atoms with van der Waals surface area (Å²) in [5.41, 5.74) is 2.52. The lowest BCUT2D eigenvalue weighted by Gasteiger charge is -2.23. The van der Waals surface area contributed by atoms with Gasteiger partial charge in [0.2, 0.25) is 0 Å². The second-order valence-corrected chi connectivity index (χ2v) is 5.21. The van der Waals surface area contributed by atoms with Crippen molar-refractivity contribution >= 4 is 11.7 Å². The molecule has 0 fully saturated rings. The van der Waals surface area contributed by atoms with Crippen molar-refractivity contribution in [2.24, 2.45) is 0 Å². The first-order valence-electron chi connectivity index (χ1n) is 7.63. The molecule has 0 radical (unpaired) electrons. The number of anilines is 1. The van der Waals surface area contributed by atoms with Crippen LogP contribution in [0.4, 0.5) is 10.5 Å². The third-order valence-corrected chi connectivity index (χ3v) is 3.44. The molecule has 6 nitrogen and oxygen atoms in total. The minimum Gasteiger partial charge on any atom is -0.380 e. The highest BCUT2D eigenvalue weighted by atomic mass is 16.5. The molecule has 1 heterocycles. The topological polar surface area (TPSA) is 78.2 Å². The number of rotatable bonds is 7. The Hall–Kier alpha value is -2.91. The summed E-state index contributed by atoms with van der Waals surface area (Å²) in [6, 6.07) is 13.0. The lowest BCUT2D eigenvalue weighted by Crippen LogP contribution is -2.35. The first-order chi connectivity index (χ1) is 11.7. The highest BCUT2D eigenvalue weighted by Crippen LogP contribution is 2.17. The quantitative estimate of drug-likeness (QED) is 0.848. The molecule has 0 aliphatic carbocycles. The van der Waals surface area contributed by atoms with Gasteiger partial charge in [0.25, 0.3) is 0 Å². The second kappa shape index (κ2) is 9.28. The van der Waals surface area contributed by atoms with Gasteiger partial charge in [-0.3, -0.25) is 4.98 Å². The molecule has 124 valence electrons. The van der Waals surface area contributed by atoms with Crippen molar-refractivity contribution in [3.63, 3.8) is 0 Å². The van der Waals surface area contributed by atoms with Gasteiger partial charge in [-0.2, -0.15) is 5.26 Å². The van der Waals surface area contributed by atoms with Crippen LogP contribution in [-0.2, 0) is 17.9 Å². The van der Waals surface area contributed by atoms with Gasteiger partial charge in [-0.05, 0) is 17.7 Å². The highest BCUT2D eigenvalue weighted by molar-refractivity contribution is 5.90. The van der Waals surface area contributed by atoms with Gasteiger partial charge in [-0.25, -0.2) is 4.79 Å². The van der Waals surface area contributed by atoms with Crippen LogP contribution in [0.25, 0.3) is 0 Å². The van der Waals surface area contributed by atoms with Crippen LogP contribution in [-0.4, -0.2) is 29.6 Å². The van der Waals surface area contributed by atoms with Gasteiger partial charge in [0.15, 0.2) is 0 Å². The molecule has 0 aliphatic heterocycles. The number of carbonyl (C=O) groups excluding carboxylic acids is 1. The molecule has 2 rings (SSSR count). The molecule has 2 aromatic rings. The second-order valence-electron chi connectivity index (χ2n) is 5.21. The van der Waals surface area contributed by atoms with Crippen molar-refractivity contribution in [3.05, 3.63) is 59.9 Å². The van der Waals surface area contributed by atoms with E-state index in [9.17, 15) is 4.79 Å². The molecule has 24 heavy (non-hydrogen) atoms. The van der Waals surface area contributed by atoms with E-state index >= 15 is 0 Å². The molecular weight excluding hydrogens is 304 g/mol. The van der Waals surface area contributed by atoms with Crippen LogP contribution in [0.1, 0.15) is 17.5 Å². The Kier molecular flexibility index (Phi) is 6.74. The van der Waals surface area contributed by atoms with Crippen molar-refractivity contribution < 1.29 is 9.53 Å². The fourth-order valence-corrected chi connectivity index (χ4v) is 2.27. The standard InChI is InChI=1S/C18H20N4O2/c1-24-14-16-7-2-3-8-17(16)21-18(23)22(11-5-9-19)13-15-6-4-10-20-12-15/h2-4,6-8,10,12H,5,11,13-14H2,1H3,(H,21,23). The summed E-state index contributed by atoms with van der Waals surface area (Å²) in [5.74, 6) is 0. The minimum absolute atomic E-state index is 0.252. The molecular formula is C18H20N4O2. The molecule has 1 N–H and O–H groups in total. The molecule has 0 atom stereocenters. The number of methoxy groups -OCH3 is 1. The summed E-state index contributed by atoms with van der Waals surface area (Å²) in [4.78, 5) is 18.3. The SMILES string of the molecule is COCc1ccccc1NC(=O)N(CCC#N)Cc1cccnc1. The molecule has 0 aliphatic rings. The van der Waals surface area contributed by atoms with Crippen molar-refractivity contribution in [2.45, 2.75) is 19.6 Å². The Morgan fingerprint density at radius 3 is 2.88 bits per heavy atom. The predicted molar refractivity (Wildman–Crippen MR) is 91.1 cm³/mol. The van der Waals surface area contributed by atoms with Gasteiger partial charge < -0.3 is 15.0 Å². The maximum Gasteiger partial charge on any atom is 0.322 e. The van der Waals surface area contributed by atoms with E-state index in [0.717, 1.165) is 11.1 Å². The average Bonchev–Trinajstić information content (AvgIpc) is 2.61. The number of hydrogen-bond acceptors (Lipinski definition) is 4.